The monoisotopic (exact) mass is 217 g/mol. The number of hydrogen-bond donors (Lipinski definition) is 1. The molecule has 84 valence electrons. The van der Waals surface area contributed by atoms with E-state index in [9.17, 15) is 0 Å². The number of benzene rings is 1. The zero-order chi connectivity index (χ0) is 12.0. The molecule has 0 amide bonds. The lowest BCUT2D eigenvalue weighted by Gasteiger charge is -2.09. The molecule has 1 rings (SSSR count). The van der Waals surface area contributed by atoms with Gasteiger partial charge in [0.25, 0.3) is 0 Å². The second-order valence-electron chi connectivity index (χ2n) is 3.40. The third-order valence-electron chi connectivity index (χ3n) is 2.20. The third-order valence-corrected chi connectivity index (χ3v) is 2.20. The molecule has 0 aliphatic carbocycles. The maximum Gasteiger partial charge on any atom is 0.182 e. The Balaban J connectivity index is 2.84. The predicted molar refractivity (Wildman–Crippen MR) is 63.3 cm³/mol. The molecule has 0 saturated carbocycles. The summed E-state index contributed by atoms with van der Waals surface area (Å²) in [6.07, 6.45) is 1.84. The normalized spacial score (nSPS) is 12.8. The van der Waals surface area contributed by atoms with Crippen molar-refractivity contribution in [1.29, 1.82) is 5.26 Å². The Kier molecular flexibility index (Phi) is 4.34. The molecule has 0 aromatic heterocycles. The molecular formula is C12H15N3O. The Morgan fingerprint density at radius 1 is 1.56 bits per heavy atom. The number of hydrogen-bond acceptors (Lipinski definition) is 3. The molecule has 1 aromatic rings. The second kappa shape index (κ2) is 5.76. The maximum absolute atomic E-state index is 8.44. The lowest BCUT2D eigenvalue weighted by atomic mass is 10.1. The van der Waals surface area contributed by atoms with Crippen LogP contribution in [0.5, 0.6) is 5.75 Å². The zero-order valence-electron chi connectivity index (χ0n) is 9.69. The van der Waals surface area contributed by atoms with Crippen molar-refractivity contribution in [2.75, 3.05) is 7.11 Å². The molecule has 0 saturated heterocycles. The summed E-state index contributed by atoms with van der Waals surface area (Å²) in [4.78, 5) is 4.34. The highest BCUT2D eigenvalue weighted by Crippen LogP contribution is 2.21. The molecule has 0 fully saturated rings. The van der Waals surface area contributed by atoms with Crippen LogP contribution in [0.2, 0.25) is 0 Å². The van der Waals surface area contributed by atoms with Gasteiger partial charge in [-0.05, 0) is 31.5 Å². The Bertz CT molecular complexity index is 421. The maximum atomic E-state index is 8.44. The molecule has 0 aliphatic rings. The van der Waals surface area contributed by atoms with E-state index >= 15 is 0 Å². The van der Waals surface area contributed by atoms with Gasteiger partial charge in [-0.15, -0.1) is 0 Å². The lowest BCUT2D eigenvalue weighted by molar-refractivity contribution is 0.414. The highest BCUT2D eigenvalue weighted by molar-refractivity contribution is 5.81. The quantitative estimate of drug-likeness (QED) is 0.365. The van der Waals surface area contributed by atoms with E-state index in [1.807, 2.05) is 37.4 Å². The molecule has 1 atom stereocenters. The molecule has 4 heteroatoms. The van der Waals surface area contributed by atoms with Gasteiger partial charge in [0.1, 0.15) is 11.6 Å². The minimum absolute atomic E-state index is 0.00375. The van der Waals surface area contributed by atoms with Crippen LogP contribution >= 0.6 is 0 Å². The van der Waals surface area contributed by atoms with E-state index in [1.165, 1.54) is 0 Å². The highest BCUT2D eigenvalue weighted by Gasteiger charge is 2.04. The molecule has 1 aromatic carbocycles. The van der Waals surface area contributed by atoms with Crippen molar-refractivity contribution in [3.8, 4) is 11.9 Å². The summed E-state index contributed by atoms with van der Waals surface area (Å²) < 4.78 is 5.14. The van der Waals surface area contributed by atoms with Gasteiger partial charge in [-0.25, -0.2) is 0 Å². The number of amidine groups is 1. The average molecular weight is 217 g/mol. The van der Waals surface area contributed by atoms with Crippen LogP contribution < -0.4 is 10.1 Å². The molecule has 1 unspecified atom stereocenters. The van der Waals surface area contributed by atoms with Crippen molar-refractivity contribution in [3.63, 3.8) is 0 Å². The standard InChI is InChI=1S/C12H15N3O/c1-9(15-10(2)14-8-13)11-5-4-6-12(7-11)16-3/h4-7,9H,1-3H3,(H,14,15). The number of aliphatic imine (C=N–C) groups is 1. The van der Waals surface area contributed by atoms with Gasteiger partial charge in [0.15, 0.2) is 6.19 Å². The lowest BCUT2D eigenvalue weighted by Crippen LogP contribution is -2.14. The van der Waals surface area contributed by atoms with Crippen LogP contribution in [0, 0.1) is 11.5 Å². The summed E-state index contributed by atoms with van der Waals surface area (Å²) in [5.41, 5.74) is 1.05. The SMILES string of the molecule is COc1cccc(C(C)N=C(C)NC#N)c1. The zero-order valence-corrected chi connectivity index (χ0v) is 9.69. The highest BCUT2D eigenvalue weighted by atomic mass is 16.5. The van der Waals surface area contributed by atoms with E-state index in [0.29, 0.717) is 5.84 Å². The predicted octanol–water partition coefficient (Wildman–Crippen LogP) is 2.25. The molecule has 1 N–H and O–H groups in total. The fourth-order valence-corrected chi connectivity index (χ4v) is 1.38. The fourth-order valence-electron chi connectivity index (χ4n) is 1.38. The number of methoxy groups -OCH3 is 1. The van der Waals surface area contributed by atoms with Crippen molar-refractivity contribution >= 4 is 5.84 Å². The van der Waals surface area contributed by atoms with E-state index < -0.39 is 0 Å². The minimum Gasteiger partial charge on any atom is -0.497 e. The van der Waals surface area contributed by atoms with Gasteiger partial charge >= 0.3 is 0 Å². The van der Waals surface area contributed by atoms with Crippen LogP contribution in [0.15, 0.2) is 29.3 Å². The third kappa shape index (κ3) is 3.28. The van der Waals surface area contributed by atoms with Crippen molar-refractivity contribution in [1.82, 2.24) is 5.32 Å². The van der Waals surface area contributed by atoms with E-state index in [1.54, 1.807) is 14.0 Å². The Morgan fingerprint density at radius 3 is 2.94 bits per heavy atom. The van der Waals surface area contributed by atoms with Crippen molar-refractivity contribution in [2.45, 2.75) is 19.9 Å². The van der Waals surface area contributed by atoms with Crippen LogP contribution in [0.25, 0.3) is 0 Å². The Hall–Kier alpha value is -2.02. The largest absolute Gasteiger partial charge is 0.497 e. The van der Waals surface area contributed by atoms with E-state index in [2.05, 4.69) is 10.3 Å². The van der Waals surface area contributed by atoms with E-state index in [-0.39, 0.29) is 6.04 Å². The topological polar surface area (TPSA) is 57.4 Å². The van der Waals surface area contributed by atoms with Crippen LogP contribution in [0.1, 0.15) is 25.5 Å². The van der Waals surface area contributed by atoms with Crippen molar-refractivity contribution in [2.24, 2.45) is 4.99 Å². The first-order chi connectivity index (χ1) is 7.67. The first-order valence-corrected chi connectivity index (χ1v) is 5.01. The van der Waals surface area contributed by atoms with Crippen LogP contribution in [0.3, 0.4) is 0 Å². The smallest absolute Gasteiger partial charge is 0.182 e. The molecule has 16 heavy (non-hydrogen) atoms. The second-order valence-corrected chi connectivity index (χ2v) is 3.40. The molecule has 0 aliphatic heterocycles. The number of rotatable bonds is 3. The van der Waals surface area contributed by atoms with Gasteiger partial charge < -0.3 is 4.74 Å². The van der Waals surface area contributed by atoms with Gasteiger partial charge in [0.05, 0.1) is 13.2 Å². The fraction of sp³-hybridized carbons (Fsp3) is 0.333. The van der Waals surface area contributed by atoms with Crippen LogP contribution in [-0.2, 0) is 0 Å². The summed E-state index contributed by atoms with van der Waals surface area (Å²) in [5.74, 6) is 1.42. The number of nitriles is 1. The summed E-state index contributed by atoms with van der Waals surface area (Å²) in [6.45, 7) is 3.73. The minimum atomic E-state index is -0.00375. The molecular weight excluding hydrogens is 202 g/mol. The molecule has 4 nitrogen and oxygen atoms in total. The number of ether oxygens (including phenoxy) is 1. The molecule has 0 spiro atoms. The van der Waals surface area contributed by atoms with Gasteiger partial charge in [-0.3, -0.25) is 10.3 Å². The summed E-state index contributed by atoms with van der Waals surface area (Å²) in [7, 11) is 1.63. The number of nitrogens with one attached hydrogen (secondary N) is 1. The van der Waals surface area contributed by atoms with Crippen LogP contribution in [0.4, 0.5) is 0 Å². The molecule has 0 bridgehead atoms. The number of nitrogens with zero attached hydrogens (tertiary/aromatic N) is 2. The summed E-state index contributed by atoms with van der Waals surface area (Å²) >= 11 is 0. The Labute approximate surface area is 95.6 Å². The van der Waals surface area contributed by atoms with Gasteiger partial charge in [-0.2, -0.15) is 5.26 Å². The first-order valence-electron chi connectivity index (χ1n) is 5.01. The molecule has 0 radical (unpaired) electrons. The van der Waals surface area contributed by atoms with E-state index in [0.717, 1.165) is 11.3 Å². The average Bonchev–Trinajstić information content (AvgIpc) is 2.29. The van der Waals surface area contributed by atoms with Crippen LogP contribution in [-0.4, -0.2) is 12.9 Å². The van der Waals surface area contributed by atoms with Gasteiger partial charge in [0, 0.05) is 0 Å². The van der Waals surface area contributed by atoms with Crippen molar-refractivity contribution < 1.29 is 4.74 Å². The first kappa shape index (κ1) is 12.1. The van der Waals surface area contributed by atoms with E-state index in [4.69, 9.17) is 10.00 Å². The van der Waals surface area contributed by atoms with Gasteiger partial charge in [-0.1, -0.05) is 12.1 Å². The summed E-state index contributed by atoms with van der Waals surface area (Å²) in [6, 6.07) is 7.73. The van der Waals surface area contributed by atoms with Crippen molar-refractivity contribution in [3.05, 3.63) is 29.8 Å². The Morgan fingerprint density at radius 2 is 2.31 bits per heavy atom. The molecule has 0 heterocycles. The van der Waals surface area contributed by atoms with Gasteiger partial charge in [0.2, 0.25) is 0 Å². The summed E-state index contributed by atoms with van der Waals surface area (Å²) in [5, 5.41) is 10.9.